The molecule has 2 N–H and O–H groups in total. The first-order valence-corrected chi connectivity index (χ1v) is 10.5. The Hall–Kier alpha value is 0.0269. The van der Waals surface area contributed by atoms with Crippen LogP contribution in [0.15, 0.2) is 12.2 Å². The zero-order chi connectivity index (χ0) is 14.6. The molecular formula is C13H29NO2SSi. The fourth-order valence-corrected chi connectivity index (χ4v) is 2.32. The Labute approximate surface area is 116 Å². The van der Waals surface area contributed by atoms with Crippen molar-refractivity contribution in [2.45, 2.75) is 63.9 Å². The smallest absolute Gasteiger partial charge is 0.191 e. The van der Waals surface area contributed by atoms with Gasteiger partial charge in [-0.2, -0.15) is 0 Å². The Kier molecular flexibility index (Phi) is 6.47. The predicted octanol–water partition coefficient (Wildman–Crippen LogP) is 3.36. The minimum Gasteiger partial charge on any atom is -0.417 e. The summed E-state index contributed by atoms with van der Waals surface area (Å²) in [5.41, 5.74) is 0. The lowest BCUT2D eigenvalue weighted by Gasteiger charge is -2.36. The molecule has 0 saturated heterocycles. The first kappa shape index (κ1) is 18.0. The van der Waals surface area contributed by atoms with E-state index in [1.807, 2.05) is 26.0 Å². The fourth-order valence-electron chi connectivity index (χ4n) is 1.03. The van der Waals surface area contributed by atoms with Gasteiger partial charge in [0, 0.05) is 6.61 Å². The molecule has 0 fully saturated rings. The van der Waals surface area contributed by atoms with Gasteiger partial charge in [-0.05, 0) is 38.4 Å². The summed E-state index contributed by atoms with van der Waals surface area (Å²) in [4.78, 5) is 0. The van der Waals surface area contributed by atoms with Gasteiger partial charge in [-0.3, -0.25) is 5.14 Å². The highest BCUT2D eigenvalue weighted by molar-refractivity contribution is 7.84. The number of rotatable bonds is 6. The van der Waals surface area contributed by atoms with E-state index in [0.717, 1.165) is 13.0 Å². The second-order valence-corrected chi connectivity index (χ2v) is 13.2. The number of nitrogens with two attached hydrogens (primary N) is 1. The van der Waals surface area contributed by atoms with Crippen LogP contribution in [0.25, 0.3) is 0 Å². The molecule has 0 rings (SSSR count). The van der Waals surface area contributed by atoms with Gasteiger partial charge in [-0.25, -0.2) is 4.21 Å². The summed E-state index contributed by atoms with van der Waals surface area (Å²) in [6.45, 7) is 15.6. The summed E-state index contributed by atoms with van der Waals surface area (Å²) in [5.74, 6) is 0. The molecule has 3 nitrogen and oxygen atoms in total. The molecule has 5 heteroatoms. The van der Waals surface area contributed by atoms with Crippen LogP contribution in [-0.4, -0.2) is 23.9 Å². The van der Waals surface area contributed by atoms with Gasteiger partial charge in [0.05, 0.1) is 15.7 Å². The SMILES string of the molecule is CC(C)(C=CCCO[Si](C)(C)C(C)(C)C)S(N)=O. The van der Waals surface area contributed by atoms with Crippen LogP contribution in [-0.2, 0) is 15.4 Å². The fraction of sp³-hybridized carbons (Fsp3) is 0.846. The molecule has 1 unspecified atom stereocenters. The van der Waals surface area contributed by atoms with E-state index in [2.05, 4.69) is 33.9 Å². The van der Waals surface area contributed by atoms with Crippen LogP contribution in [0.3, 0.4) is 0 Å². The molecule has 108 valence electrons. The van der Waals surface area contributed by atoms with Crippen molar-refractivity contribution in [3.8, 4) is 0 Å². The summed E-state index contributed by atoms with van der Waals surface area (Å²) in [6.07, 6.45) is 4.77. The van der Waals surface area contributed by atoms with Gasteiger partial charge in [0.25, 0.3) is 0 Å². The van der Waals surface area contributed by atoms with E-state index in [4.69, 9.17) is 9.56 Å². The van der Waals surface area contributed by atoms with Crippen molar-refractivity contribution >= 4 is 19.3 Å². The first-order chi connectivity index (χ1) is 7.90. The molecular weight excluding hydrogens is 262 g/mol. The second-order valence-electron chi connectivity index (χ2n) is 6.70. The second kappa shape index (κ2) is 6.46. The predicted molar refractivity (Wildman–Crippen MR) is 83.3 cm³/mol. The Balaban J connectivity index is 4.17. The molecule has 18 heavy (non-hydrogen) atoms. The molecule has 0 aliphatic rings. The number of hydrogen-bond donors (Lipinski definition) is 1. The van der Waals surface area contributed by atoms with Gasteiger partial charge in [0.15, 0.2) is 8.32 Å². The zero-order valence-electron chi connectivity index (χ0n) is 12.9. The van der Waals surface area contributed by atoms with Crippen molar-refractivity contribution in [2.75, 3.05) is 6.61 Å². The molecule has 0 saturated carbocycles. The van der Waals surface area contributed by atoms with E-state index in [1.165, 1.54) is 0 Å². The van der Waals surface area contributed by atoms with Crippen molar-refractivity contribution < 1.29 is 8.63 Å². The first-order valence-electron chi connectivity index (χ1n) is 6.38. The van der Waals surface area contributed by atoms with Crippen molar-refractivity contribution in [2.24, 2.45) is 5.14 Å². The Morgan fingerprint density at radius 3 is 2.11 bits per heavy atom. The topological polar surface area (TPSA) is 52.3 Å². The van der Waals surface area contributed by atoms with Crippen LogP contribution in [0.4, 0.5) is 0 Å². The van der Waals surface area contributed by atoms with Crippen molar-refractivity contribution in [1.29, 1.82) is 0 Å². The molecule has 0 radical (unpaired) electrons. The molecule has 1 atom stereocenters. The maximum Gasteiger partial charge on any atom is 0.191 e. The van der Waals surface area contributed by atoms with Crippen molar-refractivity contribution in [3.05, 3.63) is 12.2 Å². The average molecular weight is 292 g/mol. The molecule has 0 aromatic carbocycles. The van der Waals surface area contributed by atoms with Gasteiger partial charge >= 0.3 is 0 Å². The summed E-state index contributed by atoms with van der Waals surface area (Å²) in [5, 5.41) is 5.65. The lowest BCUT2D eigenvalue weighted by Crippen LogP contribution is -2.40. The standard InChI is InChI=1S/C13H29NO2SSi/c1-12(2,3)18(6,7)16-11-9-8-10-13(4,5)17(14)15/h8,10H,9,11,14H2,1-7H3. The highest BCUT2D eigenvalue weighted by atomic mass is 32.2. The highest BCUT2D eigenvalue weighted by Gasteiger charge is 2.36. The van der Waals surface area contributed by atoms with Crippen LogP contribution in [0.5, 0.6) is 0 Å². The van der Waals surface area contributed by atoms with E-state index >= 15 is 0 Å². The maximum atomic E-state index is 11.2. The summed E-state index contributed by atoms with van der Waals surface area (Å²) >= 11 is 0. The normalized spacial score (nSPS) is 16.2. The number of hydrogen-bond acceptors (Lipinski definition) is 2. The molecule has 0 aromatic rings. The molecule has 0 heterocycles. The minimum absolute atomic E-state index is 0.245. The molecule has 0 aliphatic heterocycles. The van der Waals surface area contributed by atoms with Crippen LogP contribution >= 0.6 is 0 Å². The van der Waals surface area contributed by atoms with Crippen LogP contribution < -0.4 is 5.14 Å². The van der Waals surface area contributed by atoms with Crippen molar-refractivity contribution in [3.63, 3.8) is 0 Å². The largest absolute Gasteiger partial charge is 0.417 e. The quantitative estimate of drug-likeness (QED) is 0.463. The third-order valence-corrected chi connectivity index (χ3v) is 9.30. The Morgan fingerprint density at radius 2 is 1.72 bits per heavy atom. The van der Waals surface area contributed by atoms with E-state index in [-0.39, 0.29) is 5.04 Å². The van der Waals surface area contributed by atoms with E-state index in [9.17, 15) is 4.21 Å². The van der Waals surface area contributed by atoms with Gasteiger partial charge in [0.1, 0.15) is 0 Å². The zero-order valence-corrected chi connectivity index (χ0v) is 14.7. The average Bonchev–Trinajstić information content (AvgIpc) is 2.14. The lowest BCUT2D eigenvalue weighted by atomic mass is 10.2. The maximum absolute atomic E-state index is 11.2. The van der Waals surface area contributed by atoms with Crippen molar-refractivity contribution in [1.82, 2.24) is 0 Å². The van der Waals surface area contributed by atoms with Crippen LogP contribution in [0, 0.1) is 0 Å². The van der Waals surface area contributed by atoms with E-state index in [0.29, 0.717) is 0 Å². The third-order valence-electron chi connectivity index (χ3n) is 3.59. The highest BCUT2D eigenvalue weighted by Crippen LogP contribution is 2.36. The summed E-state index contributed by atoms with van der Waals surface area (Å²) < 4.78 is 16.8. The van der Waals surface area contributed by atoms with Gasteiger partial charge < -0.3 is 4.43 Å². The Bertz CT molecular complexity index is 319. The Morgan fingerprint density at radius 1 is 1.22 bits per heavy atom. The summed E-state index contributed by atoms with van der Waals surface area (Å²) in [6, 6.07) is 0. The third kappa shape index (κ3) is 5.78. The van der Waals surface area contributed by atoms with Crippen LogP contribution in [0.2, 0.25) is 18.1 Å². The molecule has 0 aliphatic carbocycles. The van der Waals surface area contributed by atoms with E-state index in [1.54, 1.807) is 0 Å². The minimum atomic E-state index is -1.64. The molecule has 0 amide bonds. The molecule has 0 bridgehead atoms. The molecule has 0 spiro atoms. The monoisotopic (exact) mass is 291 g/mol. The summed E-state index contributed by atoms with van der Waals surface area (Å²) in [7, 11) is -2.97. The lowest BCUT2D eigenvalue weighted by molar-refractivity contribution is 0.294. The van der Waals surface area contributed by atoms with Gasteiger partial charge in [-0.15, -0.1) is 0 Å². The molecule has 0 aromatic heterocycles. The van der Waals surface area contributed by atoms with Crippen LogP contribution in [0.1, 0.15) is 41.0 Å². The van der Waals surface area contributed by atoms with Gasteiger partial charge in [0.2, 0.25) is 0 Å². The van der Waals surface area contributed by atoms with E-state index < -0.39 is 24.1 Å². The van der Waals surface area contributed by atoms with Gasteiger partial charge in [-0.1, -0.05) is 32.9 Å².